The average molecular weight is 237 g/mol. The molecule has 1 saturated carbocycles. The average Bonchev–Trinajstić information content (AvgIpc) is 2.88. The number of likely N-dealkylation sites (N-methyl/N-ethyl adjacent to an activating group) is 1. The lowest BCUT2D eigenvalue weighted by molar-refractivity contribution is 0.191. The predicted molar refractivity (Wildman–Crippen MR) is 72.1 cm³/mol. The van der Waals surface area contributed by atoms with Gasteiger partial charge < -0.3 is 10.1 Å². The topological polar surface area (TPSA) is 21.3 Å². The summed E-state index contributed by atoms with van der Waals surface area (Å²) in [5.74, 6) is 1.54. The van der Waals surface area contributed by atoms with Crippen LogP contribution in [0.5, 0.6) is 0 Å². The van der Waals surface area contributed by atoms with Crippen molar-refractivity contribution in [1.82, 2.24) is 5.32 Å². The zero-order valence-electron chi connectivity index (χ0n) is 11.2. The molecule has 2 aliphatic rings. The van der Waals surface area contributed by atoms with Gasteiger partial charge in [-0.1, -0.05) is 37.8 Å². The highest BCUT2D eigenvalue weighted by Gasteiger charge is 2.20. The molecule has 1 unspecified atom stereocenters. The van der Waals surface area contributed by atoms with E-state index in [0.29, 0.717) is 5.92 Å². The van der Waals surface area contributed by atoms with E-state index in [9.17, 15) is 0 Å². The van der Waals surface area contributed by atoms with Crippen LogP contribution in [0.1, 0.15) is 45.4 Å². The van der Waals surface area contributed by atoms with Gasteiger partial charge in [0.2, 0.25) is 0 Å². The minimum atomic E-state index is 0.686. The highest BCUT2D eigenvalue weighted by atomic mass is 16.5. The Morgan fingerprint density at radius 2 is 2.06 bits per heavy atom. The molecule has 98 valence electrons. The molecule has 2 heteroatoms. The zero-order valence-corrected chi connectivity index (χ0v) is 11.2. The van der Waals surface area contributed by atoms with Crippen LogP contribution in [0.15, 0.2) is 11.6 Å². The number of nitrogens with one attached hydrogen (secondary N) is 1. The molecule has 1 saturated heterocycles. The maximum atomic E-state index is 5.48. The van der Waals surface area contributed by atoms with Gasteiger partial charge in [-0.15, -0.1) is 0 Å². The van der Waals surface area contributed by atoms with Crippen LogP contribution in [0.4, 0.5) is 0 Å². The third kappa shape index (κ3) is 4.11. The molecule has 0 bridgehead atoms. The van der Waals surface area contributed by atoms with Gasteiger partial charge in [0.05, 0.1) is 6.61 Å². The van der Waals surface area contributed by atoms with Crippen LogP contribution in [-0.2, 0) is 4.74 Å². The summed E-state index contributed by atoms with van der Waals surface area (Å²) in [5, 5.41) is 3.51. The van der Waals surface area contributed by atoms with Gasteiger partial charge in [-0.2, -0.15) is 0 Å². The number of hydrogen-bond donors (Lipinski definition) is 1. The van der Waals surface area contributed by atoms with Crippen LogP contribution in [-0.4, -0.2) is 26.3 Å². The largest absolute Gasteiger partial charge is 0.381 e. The Balaban J connectivity index is 1.94. The van der Waals surface area contributed by atoms with E-state index in [2.05, 4.69) is 18.3 Å². The van der Waals surface area contributed by atoms with Gasteiger partial charge in [-0.05, 0) is 31.7 Å². The summed E-state index contributed by atoms with van der Waals surface area (Å²) in [6.45, 7) is 6.27. The Hall–Kier alpha value is -0.340. The van der Waals surface area contributed by atoms with E-state index in [1.165, 1.54) is 38.5 Å². The normalized spacial score (nSPS) is 27.6. The highest BCUT2D eigenvalue weighted by Crippen LogP contribution is 2.31. The molecule has 0 aromatic rings. The monoisotopic (exact) mass is 237 g/mol. The molecule has 1 heterocycles. The van der Waals surface area contributed by atoms with Crippen LogP contribution in [0.3, 0.4) is 0 Å². The second-order valence-corrected chi connectivity index (χ2v) is 5.48. The molecule has 2 fully saturated rings. The number of ether oxygens (including phenoxy) is 1. The molecule has 0 amide bonds. The van der Waals surface area contributed by atoms with Crippen LogP contribution in [0.2, 0.25) is 0 Å². The molecule has 0 spiro atoms. The third-order valence-corrected chi connectivity index (χ3v) is 4.12. The summed E-state index contributed by atoms with van der Waals surface area (Å²) in [7, 11) is 0. The molecule has 1 atom stereocenters. The quantitative estimate of drug-likeness (QED) is 0.742. The van der Waals surface area contributed by atoms with Gasteiger partial charge in [-0.25, -0.2) is 0 Å². The van der Waals surface area contributed by atoms with Gasteiger partial charge in [-0.3, -0.25) is 0 Å². The Labute approximate surface area is 106 Å². The van der Waals surface area contributed by atoms with Crippen molar-refractivity contribution in [2.45, 2.75) is 45.4 Å². The molecule has 0 aromatic carbocycles. The molecular weight excluding hydrogens is 210 g/mol. The minimum Gasteiger partial charge on any atom is -0.381 e. The van der Waals surface area contributed by atoms with E-state index >= 15 is 0 Å². The van der Waals surface area contributed by atoms with Crippen LogP contribution in [0, 0.1) is 11.8 Å². The van der Waals surface area contributed by atoms with Gasteiger partial charge in [0.25, 0.3) is 0 Å². The second-order valence-electron chi connectivity index (χ2n) is 5.48. The van der Waals surface area contributed by atoms with Crippen molar-refractivity contribution in [2.75, 3.05) is 26.3 Å². The van der Waals surface area contributed by atoms with E-state index in [1.807, 2.05) is 0 Å². The van der Waals surface area contributed by atoms with Crippen molar-refractivity contribution in [3.8, 4) is 0 Å². The lowest BCUT2D eigenvalue weighted by Crippen LogP contribution is -2.23. The Morgan fingerprint density at radius 1 is 1.24 bits per heavy atom. The Morgan fingerprint density at radius 3 is 2.71 bits per heavy atom. The fourth-order valence-corrected chi connectivity index (χ4v) is 3.07. The Kier molecular flexibility index (Phi) is 5.53. The van der Waals surface area contributed by atoms with Gasteiger partial charge in [0.15, 0.2) is 0 Å². The SMILES string of the molecule is CCNC/C(=C/C1CCOC1)C1CCCCC1. The molecule has 1 N–H and O–H groups in total. The highest BCUT2D eigenvalue weighted by molar-refractivity contribution is 5.12. The maximum Gasteiger partial charge on any atom is 0.0529 e. The maximum absolute atomic E-state index is 5.48. The molecule has 17 heavy (non-hydrogen) atoms. The van der Waals surface area contributed by atoms with Crippen molar-refractivity contribution in [3.63, 3.8) is 0 Å². The van der Waals surface area contributed by atoms with Crippen molar-refractivity contribution in [3.05, 3.63) is 11.6 Å². The zero-order chi connectivity index (χ0) is 11.9. The summed E-state index contributed by atoms with van der Waals surface area (Å²) >= 11 is 0. The standard InChI is InChI=1S/C15H27NO/c1-2-16-11-15(10-13-8-9-17-12-13)14-6-4-3-5-7-14/h10,13-14,16H,2-9,11-12H2,1H3/b15-10-. The summed E-state index contributed by atoms with van der Waals surface area (Å²) < 4.78 is 5.48. The van der Waals surface area contributed by atoms with Crippen LogP contribution in [0.25, 0.3) is 0 Å². The lowest BCUT2D eigenvalue weighted by Gasteiger charge is -2.25. The molecule has 1 aliphatic carbocycles. The first-order chi connectivity index (χ1) is 8.40. The lowest BCUT2D eigenvalue weighted by atomic mass is 9.82. The fraction of sp³-hybridized carbons (Fsp3) is 0.867. The van der Waals surface area contributed by atoms with E-state index in [1.54, 1.807) is 5.57 Å². The molecule has 0 aromatic heterocycles. The van der Waals surface area contributed by atoms with Gasteiger partial charge in [0.1, 0.15) is 0 Å². The van der Waals surface area contributed by atoms with E-state index in [4.69, 9.17) is 4.74 Å². The predicted octanol–water partition coefficient (Wildman–Crippen LogP) is 3.14. The first-order valence-electron chi connectivity index (χ1n) is 7.39. The first-order valence-corrected chi connectivity index (χ1v) is 7.39. The second kappa shape index (κ2) is 7.17. The Bertz CT molecular complexity index is 237. The number of rotatable bonds is 5. The van der Waals surface area contributed by atoms with Crippen molar-refractivity contribution in [1.29, 1.82) is 0 Å². The molecule has 2 rings (SSSR count). The van der Waals surface area contributed by atoms with Crippen molar-refractivity contribution >= 4 is 0 Å². The summed E-state index contributed by atoms with van der Waals surface area (Å²) in [6.07, 6.45) is 10.9. The van der Waals surface area contributed by atoms with Crippen LogP contribution >= 0.6 is 0 Å². The van der Waals surface area contributed by atoms with Gasteiger partial charge in [0, 0.05) is 19.1 Å². The van der Waals surface area contributed by atoms with Crippen molar-refractivity contribution < 1.29 is 4.74 Å². The third-order valence-electron chi connectivity index (χ3n) is 4.12. The smallest absolute Gasteiger partial charge is 0.0529 e. The van der Waals surface area contributed by atoms with Gasteiger partial charge >= 0.3 is 0 Å². The minimum absolute atomic E-state index is 0.686. The molecule has 2 nitrogen and oxygen atoms in total. The van der Waals surface area contributed by atoms with Crippen molar-refractivity contribution in [2.24, 2.45) is 11.8 Å². The first kappa shape index (κ1) is 13.1. The van der Waals surface area contributed by atoms with E-state index in [0.717, 1.165) is 32.2 Å². The van der Waals surface area contributed by atoms with E-state index < -0.39 is 0 Å². The van der Waals surface area contributed by atoms with E-state index in [-0.39, 0.29) is 0 Å². The molecule has 0 radical (unpaired) electrons. The summed E-state index contributed by atoms with van der Waals surface area (Å²) in [6, 6.07) is 0. The summed E-state index contributed by atoms with van der Waals surface area (Å²) in [5.41, 5.74) is 1.67. The van der Waals surface area contributed by atoms with Crippen LogP contribution < -0.4 is 5.32 Å². The molecular formula is C15H27NO. The fourth-order valence-electron chi connectivity index (χ4n) is 3.07. The molecule has 1 aliphatic heterocycles. The number of hydrogen-bond acceptors (Lipinski definition) is 2. The summed E-state index contributed by atoms with van der Waals surface area (Å²) in [4.78, 5) is 0.